The van der Waals surface area contributed by atoms with Crippen LogP contribution in [0.5, 0.6) is 0 Å². The van der Waals surface area contributed by atoms with Crippen LogP contribution >= 0.6 is 0 Å². The molecule has 0 fully saturated rings. The summed E-state index contributed by atoms with van der Waals surface area (Å²) in [5.41, 5.74) is 3.62. The molecule has 0 bridgehead atoms. The van der Waals surface area contributed by atoms with Gasteiger partial charge in [-0.15, -0.1) is 0 Å². The fourth-order valence-electron chi connectivity index (χ4n) is 2.28. The third-order valence-corrected chi connectivity index (χ3v) is 3.47. The molecule has 2 aromatic rings. The highest BCUT2D eigenvalue weighted by atomic mass is 16.5. The molecule has 3 heteroatoms. The predicted octanol–water partition coefficient (Wildman–Crippen LogP) is 2.53. The molecule has 2 aromatic carbocycles. The van der Waals surface area contributed by atoms with Crippen LogP contribution in [-0.4, -0.2) is 24.9 Å². The van der Waals surface area contributed by atoms with Crippen LogP contribution in [0.2, 0.25) is 0 Å². The van der Waals surface area contributed by atoms with Crippen molar-refractivity contribution in [1.29, 1.82) is 0 Å². The highest BCUT2D eigenvalue weighted by Gasteiger charge is 2.07. The van der Waals surface area contributed by atoms with Crippen LogP contribution in [0.25, 0.3) is 0 Å². The molecule has 2 N–H and O–H groups in total. The summed E-state index contributed by atoms with van der Waals surface area (Å²) >= 11 is 0. The van der Waals surface area contributed by atoms with Crippen molar-refractivity contribution >= 4 is 0 Å². The smallest absolute Gasteiger partial charge is 0.0713 e. The molecule has 0 spiro atoms. The van der Waals surface area contributed by atoms with Gasteiger partial charge in [0.2, 0.25) is 0 Å². The highest BCUT2D eigenvalue weighted by molar-refractivity contribution is 5.22. The molecule has 0 radical (unpaired) electrons. The minimum absolute atomic E-state index is 0.0750. The van der Waals surface area contributed by atoms with Crippen LogP contribution in [-0.2, 0) is 24.3 Å². The maximum absolute atomic E-state index is 9.50. The van der Waals surface area contributed by atoms with Crippen LogP contribution in [0.1, 0.15) is 16.7 Å². The zero-order valence-electron chi connectivity index (χ0n) is 12.5. The van der Waals surface area contributed by atoms with E-state index in [0.717, 1.165) is 13.0 Å². The van der Waals surface area contributed by atoms with Crippen molar-refractivity contribution in [2.45, 2.75) is 25.6 Å². The molecule has 0 amide bonds. The molecule has 0 aliphatic heterocycles. The molecule has 2 rings (SSSR count). The molecule has 1 atom stereocenters. The number of aliphatic hydroxyl groups is 1. The summed E-state index contributed by atoms with van der Waals surface area (Å²) in [4.78, 5) is 0. The number of nitrogens with one attached hydrogen (secondary N) is 1. The average Bonchev–Trinajstić information content (AvgIpc) is 2.54. The van der Waals surface area contributed by atoms with E-state index >= 15 is 0 Å². The van der Waals surface area contributed by atoms with Crippen LogP contribution in [0, 0.1) is 0 Å². The zero-order chi connectivity index (χ0) is 14.9. The number of ether oxygens (including phenoxy) is 1. The van der Waals surface area contributed by atoms with Gasteiger partial charge < -0.3 is 15.2 Å². The lowest BCUT2D eigenvalue weighted by Gasteiger charge is -2.16. The number of hydrogen-bond donors (Lipinski definition) is 2. The van der Waals surface area contributed by atoms with E-state index < -0.39 is 0 Å². The fourth-order valence-corrected chi connectivity index (χ4v) is 2.28. The Hall–Kier alpha value is -1.68. The first-order valence-electron chi connectivity index (χ1n) is 7.26. The average molecular weight is 285 g/mol. The number of hydrogen-bond acceptors (Lipinski definition) is 3. The summed E-state index contributed by atoms with van der Waals surface area (Å²) in [5.74, 6) is 0. The van der Waals surface area contributed by atoms with E-state index in [1.807, 2.05) is 18.2 Å². The fraction of sp³-hybridized carbons (Fsp3) is 0.333. The molecular weight excluding hydrogens is 262 g/mol. The molecular formula is C18H23NO2. The molecule has 3 nitrogen and oxygen atoms in total. The minimum atomic E-state index is 0.0750. The second-order valence-corrected chi connectivity index (χ2v) is 5.20. The van der Waals surface area contributed by atoms with Gasteiger partial charge in [0.15, 0.2) is 0 Å². The van der Waals surface area contributed by atoms with E-state index in [4.69, 9.17) is 4.74 Å². The van der Waals surface area contributed by atoms with Gasteiger partial charge in [0.05, 0.1) is 13.2 Å². The normalized spacial score (nSPS) is 12.3. The molecule has 0 aromatic heterocycles. The van der Waals surface area contributed by atoms with Gasteiger partial charge in [-0.25, -0.2) is 0 Å². The van der Waals surface area contributed by atoms with Crippen molar-refractivity contribution in [2.75, 3.05) is 13.7 Å². The van der Waals surface area contributed by atoms with Gasteiger partial charge in [-0.2, -0.15) is 0 Å². The van der Waals surface area contributed by atoms with Gasteiger partial charge in [-0.1, -0.05) is 54.6 Å². The Balaban J connectivity index is 1.85. The molecule has 0 saturated heterocycles. The summed E-state index contributed by atoms with van der Waals surface area (Å²) in [6.45, 7) is 1.53. The van der Waals surface area contributed by atoms with Crippen LogP contribution < -0.4 is 5.32 Å². The Morgan fingerprint density at radius 2 is 1.62 bits per heavy atom. The van der Waals surface area contributed by atoms with Crippen molar-refractivity contribution in [3.8, 4) is 0 Å². The summed E-state index contributed by atoms with van der Waals surface area (Å²) < 4.78 is 5.10. The molecule has 112 valence electrons. The summed E-state index contributed by atoms with van der Waals surface area (Å²) in [5, 5.41) is 12.9. The van der Waals surface area contributed by atoms with Gasteiger partial charge >= 0.3 is 0 Å². The van der Waals surface area contributed by atoms with Crippen molar-refractivity contribution in [3.05, 3.63) is 71.3 Å². The van der Waals surface area contributed by atoms with E-state index in [0.29, 0.717) is 6.61 Å². The zero-order valence-corrected chi connectivity index (χ0v) is 12.5. The lowest BCUT2D eigenvalue weighted by molar-refractivity contribution is 0.185. The number of rotatable bonds is 8. The van der Waals surface area contributed by atoms with E-state index in [1.165, 1.54) is 16.7 Å². The lowest BCUT2D eigenvalue weighted by atomic mass is 10.1. The largest absolute Gasteiger partial charge is 0.395 e. The lowest BCUT2D eigenvalue weighted by Crippen LogP contribution is -2.34. The minimum Gasteiger partial charge on any atom is -0.395 e. The van der Waals surface area contributed by atoms with Gasteiger partial charge in [-0.05, 0) is 23.1 Å². The van der Waals surface area contributed by atoms with Gasteiger partial charge in [0.25, 0.3) is 0 Å². The first-order valence-corrected chi connectivity index (χ1v) is 7.26. The molecule has 0 aliphatic rings. The summed E-state index contributed by atoms with van der Waals surface area (Å²) in [7, 11) is 1.70. The number of methoxy groups -OCH3 is 1. The second kappa shape index (κ2) is 8.57. The third kappa shape index (κ3) is 5.31. The standard InChI is InChI=1S/C18H23NO2/c1-21-14-17-9-7-16(8-10-17)12-19-18(13-20)11-15-5-3-2-4-6-15/h2-10,18-20H,11-14H2,1H3. The molecule has 21 heavy (non-hydrogen) atoms. The van der Waals surface area contributed by atoms with E-state index in [1.54, 1.807) is 7.11 Å². The van der Waals surface area contributed by atoms with Crippen molar-refractivity contribution < 1.29 is 9.84 Å². The first-order chi connectivity index (χ1) is 10.3. The Labute approximate surface area is 126 Å². The van der Waals surface area contributed by atoms with Crippen molar-refractivity contribution in [1.82, 2.24) is 5.32 Å². The third-order valence-electron chi connectivity index (χ3n) is 3.47. The van der Waals surface area contributed by atoms with Gasteiger partial charge in [0.1, 0.15) is 0 Å². The van der Waals surface area contributed by atoms with Crippen LogP contribution in [0.15, 0.2) is 54.6 Å². The Morgan fingerprint density at radius 1 is 0.952 bits per heavy atom. The van der Waals surface area contributed by atoms with E-state index in [-0.39, 0.29) is 12.6 Å². The highest BCUT2D eigenvalue weighted by Crippen LogP contribution is 2.07. The van der Waals surface area contributed by atoms with Crippen LogP contribution in [0.3, 0.4) is 0 Å². The Bertz CT molecular complexity index is 511. The van der Waals surface area contributed by atoms with E-state index in [9.17, 15) is 5.11 Å². The predicted molar refractivity (Wildman–Crippen MR) is 85.0 cm³/mol. The van der Waals surface area contributed by atoms with Crippen molar-refractivity contribution in [2.24, 2.45) is 0 Å². The Morgan fingerprint density at radius 3 is 2.24 bits per heavy atom. The SMILES string of the molecule is COCc1ccc(CNC(CO)Cc2ccccc2)cc1. The summed E-state index contributed by atoms with van der Waals surface area (Å²) in [6, 6.07) is 18.6. The first kappa shape index (κ1) is 15.7. The van der Waals surface area contributed by atoms with Gasteiger partial charge in [0, 0.05) is 19.7 Å². The van der Waals surface area contributed by atoms with Crippen molar-refractivity contribution in [3.63, 3.8) is 0 Å². The molecule has 1 unspecified atom stereocenters. The number of aliphatic hydroxyl groups excluding tert-OH is 1. The maximum atomic E-state index is 9.50. The summed E-state index contributed by atoms with van der Waals surface area (Å²) in [6.07, 6.45) is 0.832. The number of benzene rings is 2. The van der Waals surface area contributed by atoms with Crippen LogP contribution in [0.4, 0.5) is 0 Å². The maximum Gasteiger partial charge on any atom is 0.0713 e. The molecule has 0 aliphatic carbocycles. The quantitative estimate of drug-likeness (QED) is 0.783. The van der Waals surface area contributed by atoms with Gasteiger partial charge in [-0.3, -0.25) is 0 Å². The molecule has 0 saturated carbocycles. The molecule has 0 heterocycles. The second-order valence-electron chi connectivity index (χ2n) is 5.20. The topological polar surface area (TPSA) is 41.5 Å². The monoisotopic (exact) mass is 285 g/mol. The van der Waals surface area contributed by atoms with E-state index in [2.05, 4.69) is 41.7 Å². The Kier molecular flexibility index (Phi) is 6.41.